The average molecular weight is 360 g/mol. The van der Waals surface area contributed by atoms with Crippen LogP contribution in [0.5, 0.6) is 0 Å². The van der Waals surface area contributed by atoms with Gasteiger partial charge in [0.15, 0.2) is 0 Å². The van der Waals surface area contributed by atoms with Crippen molar-refractivity contribution in [2.24, 2.45) is 0 Å². The van der Waals surface area contributed by atoms with Crippen LogP contribution in [0.2, 0.25) is 0 Å². The van der Waals surface area contributed by atoms with Gasteiger partial charge >= 0.3 is 0 Å². The number of furan rings is 1. The van der Waals surface area contributed by atoms with E-state index in [4.69, 9.17) is 4.42 Å². The molecule has 6 heteroatoms. The molecule has 4 rings (SSSR count). The lowest BCUT2D eigenvalue weighted by atomic mass is 10.1. The van der Waals surface area contributed by atoms with Crippen molar-refractivity contribution in [3.05, 3.63) is 89.4 Å². The number of hydrogen-bond acceptors (Lipinski definition) is 4. The van der Waals surface area contributed by atoms with Crippen molar-refractivity contribution in [3.8, 4) is 0 Å². The molecule has 1 aliphatic rings. The van der Waals surface area contributed by atoms with Crippen LogP contribution in [0, 0.1) is 0 Å². The number of fused-ring (bicyclic) bond motifs is 1. The van der Waals surface area contributed by atoms with E-state index in [2.05, 4.69) is 5.32 Å². The van der Waals surface area contributed by atoms with Gasteiger partial charge in [-0.1, -0.05) is 18.2 Å². The third-order valence-electron chi connectivity index (χ3n) is 4.48. The molecule has 2 heterocycles. The van der Waals surface area contributed by atoms with Gasteiger partial charge in [0.1, 0.15) is 5.76 Å². The van der Waals surface area contributed by atoms with Crippen LogP contribution in [0.4, 0.5) is 5.69 Å². The Bertz CT molecular complexity index is 1000. The zero-order valence-electron chi connectivity index (χ0n) is 14.5. The standard InChI is InChI=1S/C21H16N2O4/c1-13(18-10-5-11-27-18)22-19(24)14-6-4-7-15(12-14)23-20(25)16-8-2-3-9-17(16)21(23)26/h2-13H,1H3,(H,22,24)/t13-/m0/s1. The van der Waals surface area contributed by atoms with Gasteiger partial charge in [-0.15, -0.1) is 0 Å². The maximum atomic E-state index is 12.6. The minimum atomic E-state index is -0.392. The summed E-state index contributed by atoms with van der Waals surface area (Å²) in [5.41, 5.74) is 1.44. The summed E-state index contributed by atoms with van der Waals surface area (Å²) in [6.07, 6.45) is 1.54. The fraction of sp³-hybridized carbons (Fsp3) is 0.0952. The molecule has 0 aliphatic carbocycles. The molecule has 1 aromatic heterocycles. The minimum absolute atomic E-state index is 0.310. The average Bonchev–Trinajstić information content (AvgIpc) is 3.30. The molecule has 0 fully saturated rings. The Morgan fingerprint density at radius 3 is 2.30 bits per heavy atom. The Labute approximate surface area is 155 Å². The lowest BCUT2D eigenvalue weighted by Crippen LogP contribution is -2.30. The molecular formula is C21H16N2O4. The lowest BCUT2D eigenvalue weighted by molar-refractivity contribution is 0.0915. The van der Waals surface area contributed by atoms with E-state index in [1.807, 2.05) is 6.92 Å². The van der Waals surface area contributed by atoms with Gasteiger partial charge in [0.2, 0.25) is 0 Å². The Kier molecular flexibility index (Phi) is 4.08. The SMILES string of the molecule is C[C@H](NC(=O)c1cccc(N2C(=O)c3ccccc3C2=O)c1)c1ccco1. The molecule has 1 aliphatic heterocycles. The second kappa shape index (κ2) is 6.57. The number of nitrogens with zero attached hydrogens (tertiary/aromatic N) is 1. The second-order valence-corrected chi connectivity index (χ2v) is 6.25. The smallest absolute Gasteiger partial charge is 0.266 e. The number of anilines is 1. The van der Waals surface area contributed by atoms with Crippen LogP contribution in [0.15, 0.2) is 71.3 Å². The lowest BCUT2D eigenvalue weighted by Gasteiger charge is -2.16. The molecule has 27 heavy (non-hydrogen) atoms. The van der Waals surface area contributed by atoms with Crippen molar-refractivity contribution < 1.29 is 18.8 Å². The molecule has 1 N–H and O–H groups in total. The van der Waals surface area contributed by atoms with Crippen LogP contribution in [-0.2, 0) is 0 Å². The van der Waals surface area contributed by atoms with E-state index in [0.717, 1.165) is 4.90 Å². The maximum absolute atomic E-state index is 12.6. The first kappa shape index (κ1) is 16.8. The molecule has 6 nitrogen and oxygen atoms in total. The van der Waals surface area contributed by atoms with Crippen molar-refractivity contribution in [1.29, 1.82) is 0 Å². The van der Waals surface area contributed by atoms with E-state index in [1.165, 1.54) is 6.07 Å². The summed E-state index contributed by atoms with van der Waals surface area (Å²) in [6, 6.07) is 16.3. The van der Waals surface area contributed by atoms with Crippen LogP contribution >= 0.6 is 0 Å². The van der Waals surface area contributed by atoms with E-state index in [9.17, 15) is 14.4 Å². The first-order valence-electron chi connectivity index (χ1n) is 8.48. The van der Waals surface area contributed by atoms with Crippen LogP contribution in [0.3, 0.4) is 0 Å². The molecular weight excluding hydrogens is 344 g/mol. The molecule has 3 amide bonds. The predicted molar refractivity (Wildman–Crippen MR) is 98.6 cm³/mol. The maximum Gasteiger partial charge on any atom is 0.266 e. The van der Waals surface area contributed by atoms with Crippen LogP contribution in [0.1, 0.15) is 49.8 Å². The van der Waals surface area contributed by atoms with E-state index in [1.54, 1.807) is 60.9 Å². The summed E-state index contributed by atoms with van der Waals surface area (Å²) < 4.78 is 5.29. The summed E-state index contributed by atoms with van der Waals surface area (Å²) in [6.45, 7) is 1.81. The monoisotopic (exact) mass is 360 g/mol. The molecule has 0 bridgehead atoms. The fourth-order valence-electron chi connectivity index (χ4n) is 3.10. The Balaban J connectivity index is 1.59. The van der Waals surface area contributed by atoms with Crippen molar-refractivity contribution in [1.82, 2.24) is 5.32 Å². The molecule has 1 atom stereocenters. The van der Waals surface area contributed by atoms with Gasteiger partial charge in [0.25, 0.3) is 17.7 Å². The van der Waals surface area contributed by atoms with Crippen molar-refractivity contribution >= 4 is 23.4 Å². The number of carbonyl (C=O) groups excluding carboxylic acids is 3. The molecule has 2 aromatic carbocycles. The summed E-state index contributed by atoms with van der Waals surface area (Å²) in [5, 5.41) is 2.83. The van der Waals surface area contributed by atoms with Crippen molar-refractivity contribution in [2.45, 2.75) is 13.0 Å². The predicted octanol–water partition coefficient (Wildman–Crippen LogP) is 3.57. The van der Waals surface area contributed by atoms with E-state index in [-0.39, 0.29) is 11.9 Å². The molecule has 0 saturated heterocycles. The second-order valence-electron chi connectivity index (χ2n) is 6.25. The van der Waals surface area contributed by atoms with Crippen molar-refractivity contribution in [2.75, 3.05) is 4.90 Å². The first-order chi connectivity index (χ1) is 13.1. The Morgan fingerprint density at radius 1 is 0.963 bits per heavy atom. The van der Waals surface area contributed by atoms with Gasteiger partial charge in [0.05, 0.1) is 29.1 Å². The van der Waals surface area contributed by atoms with E-state index in [0.29, 0.717) is 28.1 Å². The first-order valence-corrected chi connectivity index (χ1v) is 8.48. The number of amides is 3. The molecule has 0 spiro atoms. The summed E-state index contributed by atoms with van der Waals surface area (Å²) in [4.78, 5) is 38.9. The summed E-state index contributed by atoms with van der Waals surface area (Å²) in [7, 11) is 0. The summed E-state index contributed by atoms with van der Waals surface area (Å²) >= 11 is 0. The topological polar surface area (TPSA) is 79.6 Å². The molecule has 0 saturated carbocycles. The normalized spacial score (nSPS) is 14.2. The highest BCUT2D eigenvalue weighted by Crippen LogP contribution is 2.28. The fourth-order valence-corrected chi connectivity index (χ4v) is 3.10. The number of carbonyl (C=O) groups is 3. The third kappa shape index (κ3) is 2.91. The number of rotatable bonds is 4. The van der Waals surface area contributed by atoms with Gasteiger partial charge < -0.3 is 9.73 Å². The zero-order chi connectivity index (χ0) is 19.0. The Hall–Kier alpha value is -3.67. The van der Waals surface area contributed by atoms with Gasteiger partial charge in [-0.25, -0.2) is 4.90 Å². The zero-order valence-corrected chi connectivity index (χ0v) is 14.5. The third-order valence-corrected chi connectivity index (χ3v) is 4.48. The van der Waals surface area contributed by atoms with E-state index >= 15 is 0 Å². The largest absolute Gasteiger partial charge is 0.467 e. The van der Waals surface area contributed by atoms with Gasteiger partial charge in [0, 0.05) is 5.56 Å². The number of benzene rings is 2. The van der Waals surface area contributed by atoms with E-state index < -0.39 is 11.8 Å². The van der Waals surface area contributed by atoms with Crippen LogP contribution < -0.4 is 10.2 Å². The highest BCUT2D eigenvalue weighted by Gasteiger charge is 2.36. The number of imide groups is 1. The van der Waals surface area contributed by atoms with Gasteiger partial charge in [-0.3, -0.25) is 14.4 Å². The quantitative estimate of drug-likeness (QED) is 0.722. The van der Waals surface area contributed by atoms with Crippen LogP contribution in [-0.4, -0.2) is 17.7 Å². The van der Waals surface area contributed by atoms with Crippen molar-refractivity contribution in [3.63, 3.8) is 0 Å². The minimum Gasteiger partial charge on any atom is -0.467 e. The highest BCUT2D eigenvalue weighted by molar-refractivity contribution is 6.34. The number of nitrogens with one attached hydrogen (secondary N) is 1. The number of hydrogen-bond donors (Lipinski definition) is 1. The molecule has 0 unspecified atom stereocenters. The van der Waals surface area contributed by atoms with Gasteiger partial charge in [-0.05, 0) is 49.4 Å². The summed E-state index contributed by atoms with van der Waals surface area (Å²) in [5.74, 6) is -0.466. The highest BCUT2D eigenvalue weighted by atomic mass is 16.3. The Morgan fingerprint density at radius 2 is 1.67 bits per heavy atom. The molecule has 134 valence electrons. The van der Waals surface area contributed by atoms with Crippen LogP contribution in [0.25, 0.3) is 0 Å². The van der Waals surface area contributed by atoms with Gasteiger partial charge in [-0.2, -0.15) is 0 Å². The molecule has 0 radical (unpaired) electrons. The molecule has 3 aromatic rings.